The van der Waals surface area contributed by atoms with E-state index in [0.29, 0.717) is 4.75 Å². The van der Waals surface area contributed by atoms with Crippen molar-refractivity contribution in [1.82, 2.24) is 4.98 Å². The maximum atomic E-state index is 5.74. The predicted molar refractivity (Wildman–Crippen MR) is 73.3 cm³/mol. The van der Waals surface area contributed by atoms with E-state index in [2.05, 4.69) is 16.7 Å². The van der Waals surface area contributed by atoms with Crippen LogP contribution in [-0.2, 0) is 0 Å². The molecule has 0 saturated heterocycles. The Kier molecular flexibility index (Phi) is 2.29. The molecule has 0 aromatic carbocycles. The van der Waals surface area contributed by atoms with Crippen molar-refractivity contribution in [1.29, 1.82) is 0 Å². The number of thiazole rings is 1. The van der Waals surface area contributed by atoms with Gasteiger partial charge in [0.25, 0.3) is 0 Å². The molecule has 4 bridgehead atoms. The highest BCUT2D eigenvalue weighted by Crippen LogP contribution is 2.62. The molecule has 0 atom stereocenters. The molecule has 0 unspecified atom stereocenters. The lowest BCUT2D eigenvalue weighted by Gasteiger charge is -2.56. The van der Waals surface area contributed by atoms with Crippen LogP contribution in [0.5, 0.6) is 0 Å². The molecule has 2 nitrogen and oxygen atoms in total. The number of aromatic nitrogens is 1. The molecule has 2 N–H and O–H groups in total. The van der Waals surface area contributed by atoms with Crippen molar-refractivity contribution >= 4 is 28.2 Å². The molecule has 4 aliphatic rings. The van der Waals surface area contributed by atoms with E-state index in [1.165, 1.54) is 42.7 Å². The van der Waals surface area contributed by atoms with Crippen molar-refractivity contribution in [2.45, 2.75) is 47.5 Å². The third kappa shape index (κ3) is 1.80. The van der Waals surface area contributed by atoms with E-state index >= 15 is 0 Å². The second kappa shape index (κ2) is 3.64. The number of nitrogens with zero attached hydrogens (tertiary/aromatic N) is 1. The summed E-state index contributed by atoms with van der Waals surface area (Å²) >= 11 is 3.76. The zero-order valence-corrected chi connectivity index (χ0v) is 11.5. The molecule has 4 fully saturated rings. The minimum absolute atomic E-state index is 0.549. The van der Waals surface area contributed by atoms with Crippen LogP contribution in [0.4, 0.5) is 5.13 Å². The van der Waals surface area contributed by atoms with Crippen LogP contribution in [0, 0.1) is 17.8 Å². The largest absolute Gasteiger partial charge is 0.375 e. The van der Waals surface area contributed by atoms with Crippen LogP contribution in [0.3, 0.4) is 0 Å². The molecule has 1 heterocycles. The van der Waals surface area contributed by atoms with Crippen LogP contribution in [-0.4, -0.2) is 9.73 Å². The lowest BCUT2D eigenvalue weighted by Crippen LogP contribution is -2.48. The summed E-state index contributed by atoms with van der Waals surface area (Å²) in [5.41, 5.74) is 5.74. The van der Waals surface area contributed by atoms with Crippen molar-refractivity contribution in [2.75, 3.05) is 5.73 Å². The number of nitrogen functional groups attached to an aromatic ring is 1. The summed E-state index contributed by atoms with van der Waals surface area (Å²) in [5, 5.41) is 0.720. The highest BCUT2D eigenvalue weighted by atomic mass is 32.2. The Labute approximate surface area is 110 Å². The molecule has 4 heteroatoms. The number of thioether (sulfide) groups is 1. The summed E-state index contributed by atoms with van der Waals surface area (Å²) in [6.07, 6.45) is 10.9. The molecule has 0 radical (unpaired) electrons. The fourth-order valence-electron chi connectivity index (χ4n) is 4.69. The molecule has 5 rings (SSSR count). The Hall–Kier alpha value is -0.220. The summed E-state index contributed by atoms with van der Waals surface area (Å²) < 4.78 is 1.89. The van der Waals surface area contributed by atoms with Gasteiger partial charge in [0.1, 0.15) is 0 Å². The number of hydrogen-bond acceptors (Lipinski definition) is 4. The molecule has 92 valence electrons. The van der Waals surface area contributed by atoms with Gasteiger partial charge in [0.2, 0.25) is 0 Å². The standard InChI is InChI=1S/C13H18N2S2/c14-12-15-7-11(16-12)17-13-4-8-1-9(5-13)3-10(2-8)6-13/h7-10H,1-6H2,(H2,14,15). The van der Waals surface area contributed by atoms with Gasteiger partial charge in [0, 0.05) is 4.75 Å². The van der Waals surface area contributed by atoms with Crippen molar-refractivity contribution in [2.24, 2.45) is 17.8 Å². The number of nitrogens with two attached hydrogens (primary N) is 1. The van der Waals surface area contributed by atoms with E-state index in [1.807, 2.05) is 6.20 Å². The van der Waals surface area contributed by atoms with Gasteiger partial charge in [-0.25, -0.2) is 4.98 Å². The van der Waals surface area contributed by atoms with Crippen molar-refractivity contribution in [3.05, 3.63) is 6.20 Å². The molecule has 17 heavy (non-hydrogen) atoms. The molecule has 0 spiro atoms. The first kappa shape index (κ1) is 10.7. The molecule has 1 aromatic heterocycles. The SMILES string of the molecule is Nc1ncc(SC23CC4CC(CC(C4)C2)C3)s1. The van der Waals surface area contributed by atoms with Gasteiger partial charge in [-0.3, -0.25) is 0 Å². The van der Waals surface area contributed by atoms with Crippen molar-refractivity contribution in [3.63, 3.8) is 0 Å². The van der Waals surface area contributed by atoms with Crippen LogP contribution in [0.2, 0.25) is 0 Å². The monoisotopic (exact) mass is 266 g/mol. The van der Waals surface area contributed by atoms with Gasteiger partial charge < -0.3 is 5.73 Å². The Morgan fingerprint density at radius 1 is 1.18 bits per heavy atom. The Morgan fingerprint density at radius 3 is 2.24 bits per heavy atom. The molecule has 4 saturated carbocycles. The Bertz CT molecular complexity index is 405. The van der Waals surface area contributed by atoms with Gasteiger partial charge in [0.05, 0.1) is 10.4 Å². The van der Waals surface area contributed by atoms with Crippen LogP contribution in [0.25, 0.3) is 0 Å². The highest BCUT2D eigenvalue weighted by Gasteiger charge is 2.51. The first-order chi connectivity index (χ1) is 8.21. The number of hydrogen-bond donors (Lipinski definition) is 1. The van der Waals surface area contributed by atoms with Gasteiger partial charge in [-0.05, 0) is 56.3 Å². The zero-order chi connectivity index (χ0) is 11.5. The minimum atomic E-state index is 0.549. The van der Waals surface area contributed by atoms with Crippen LogP contribution < -0.4 is 5.73 Å². The highest BCUT2D eigenvalue weighted by molar-refractivity contribution is 8.02. The summed E-state index contributed by atoms with van der Waals surface area (Å²) in [6.45, 7) is 0. The van der Waals surface area contributed by atoms with E-state index in [-0.39, 0.29) is 0 Å². The van der Waals surface area contributed by atoms with E-state index < -0.39 is 0 Å². The predicted octanol–water partition coefficient (Wildman–Crippen LogP) is 3.79. The minimum Gasteiger partial charge on any atom is -0.375 e. The summed E-state index contributed by atoms with van der Waals surface area (Å²) in [4.78, 5) is 4.19. The Balaban J connectivity index is 1.60. The smallest absolute Gasteiger partial charge is 0.181 e. The molecular formula is C13H18N2S2. The molecule has 1 aromatic rings. The zero-order valence-electron chi connectivity index (χ0n) is 9.89. The summed E-state index contributed by atoms with van der Waals surface area (Å²) in [7, 11) is 0. The first-order valence-electron chi connectivity index (χ1n) is 6.61. The molecule has 0 aliphatic heterocycles. The van der Waals surface area contributed by atoms with E-state index in [0.717, 1.165) is 22.9 Å². The van der Waals surface area contributed by atoms with E-state index in [9.17, 15) is 0 Å². The fraction of sp³-hybridized carbons (Fsp3) is 0.769. The average molecular weight is 266 g/mol. The second-order valence-corrected chi connectivity index (χ2v) is 9.05. The quantitative estimate of drug-likeness (QED) is 0.885. The normalized spacial score (nSPS) is 43.2. The maximum Gasteiger partial charge on any atom is 0.181 e. The molecular weight excluding hydrogens is 248 g/mol. The Morgan fingerprint density at radius 2 is 1.76 bits per heavy atom. The van der Waals surface area contributed by atoms with Gasteiger partial charge >= 0.3 is 0 Å². The first-order valence-corrected chi connectivity index (χ1v) is 8.24. The third-order valence-electron chi connectivity index (χ3n) is 4.80. The molecule has 0 amide bonds. The number of rotatable bonds is 2. The maximum absolute atomic E-state index is 5.74. The topological polar surface area (TPSA) is 38.9 Å². The van der Waals surface area contributed by atoms with Gasteiger partial charge in [-0.1, -0.05) is 11.3 Å². The van der Waals surface area contributed by atoms with Crippen LogP contribution in [0.1, 0.15) is 38.5 Å². The van der Waals surface area contributed by atoms with Crippen molar-refractivity contribution in [3.8, 4) is 0 Å². The van der Waals surface area contributed by atoms with Gasteiger partial charge in [-0.15, -0.1) is 11.8 Å². The second-order valence-electron chi connectivity index (χ2n) is 6.22. The molecule has 4 aliphatic carbocycles. The van der Waals surface area contributed by atoms with E-state index in [4.69, 9.17) is 5.73 Å². The van der Waals surface area contributed by atoms with Crippen molar-refractivity contribution < 1.29 is 0 Å². The number of anilines is 1. The van der Waals surface area contributed by atoms with E-state index in [1.54, 1.807) is 11.3 Å². The fourth-order valence-corrected chi connectivity index (χ4v) is 7.55. The third-order valence-corrected chi connectivity index (χ3v) is 7.16. The van der Waals surface area contributed by atoms with Gasteiger partial charge in [0.15, 0.2) is 5.13 Å². The summed E-state index contributed by atoms with van der Waals surface area (Å²) in [5.74, 6) is 3.08. The lowest BCUT2D eigenvalue weighted by atomic mass is 9.56. The van der Waals surface area contributed by atoms with Crippen LogP contribution >= 0.6 is 23.1 Å². The lowest BCUT2D eigenvalue weighted by molar-refractivity contribution is 0.0384. The average Bonchev–Trinajstić information content (AvgIpc) is 2.60. The van der Waals surface area contributed by atoms with Crippen LogP contribution in [0.15, 0.2) is 10.4 Å². The van der Waals surface area contributed by atoms with Gasteiger partial charge in [-0.2, -0.15) is 0 Å². The summed E-state index contributed by atoms with van der Waals surface area (Å²) in [6, 6.07) is 0.